The molecule has 1 aromatic rings. The van der Waals surface area contributed by atoms with Crippen molar-refractivity contribution in [3.8, 4) is 0 Å². The Kier molecular flexibility index (Phi) is 4.80. The second-order valence-electron chi connectivity index (χ2n) is 5.30. The molecule has 1 fully saturated rings. The molecule has 25 heavy (non-hydrogen) atoms. The topological polar surface area (TPSA) is 95.6 Å². The third kappa shape index (κ3) is 3.39. The highest BCUT2D eigenvalue weighted by Crippen LogP contribution is 2.29. The van der Waals surface area contributed by atoms with Crippen LogP contribution < -0.4 is 10.0 Å². The van der Waals surface area contributed by atoms with Crippen molar-refractivity contribution in [2.24, 2.45) is 0 Å². The quantitative estimate of drug-likeness (QED) is 0.777. The Morgan fingerprint density at radius 1 is 1.24 bits per heavy atom. The van der Waals surface area contributed by atoms with Crippen LogP contribution in [0.5, 0.6) is 0 Å². The minimum Gasteiger partial charge on any atom is -0.330 e. The fourth-order valence-corrected chi connectivity index (χ4v) is 4.68. The van der Waals surface area contributed by atoms with E-state index in [1.807, 2.05) is 4.72 Å². The number of amides is 3. The van der Waals surface area contributed by atoms with Crippen LogP contribution in [0.3, 0.4) is 0 Å². The van der Waals surface area contributed by atoms with Gasteiger partial charge in [0.2, 0.25) is 15.9 Å². The van der Waals surface area contributed by atoms with E-state index in [-0.39, 0.29) is 19.1 Å². The molecule has 0 spiro atoms. The first kappa shape index (κ1) is 17.8. The Labute approximate surface area is 146 Å². The molecule has 2 unspecified atom stereocenters. The summed E-state index contributed by atoms with van der Waals surface area (Å²) in [5.41, 5.74) is 0. The lowest BCUT2D eigenvalue weighted by Gasteiger charge is -2.33. The predicted octanol–water partition coefficient (Wildman–Crippen LogP) is 0.793. The first-order chi connectivity index (χ1) is 11.8. The van der Waals surface area contributed by atoms with Gasteiger partial charge in [0, 0.05) is 13.1 Å². The lowest BCUT2D eigenvalue weighted by atomic mass is 10.1. The minimum atomic E-state index is -4.46. The van der Waals surface area contributed by atoms with Crippen LogP contribution in [0.2, 0.25) is 0 Å². The SMILES string of the molecule is O=C1NC2C=CSC2C(=O)N1CCNS(=O)(=O)c1c(F)cccc1F. The molecular formula is C14H13F2N3O4S2. The van der Waals surface area contributed by atoms with E-state index in [9.17, 15) is 26.8 Å². The number of hydrogen-bond acceptors (Lipinski definition) is 5. The molecule has 0 saturated carbocycles. The van der Waals surface area contributed by atoms with Crippen LogP contribution in [-0.2, 0) is 14.8 Å². The molecular weight excluding hydrogens is 376 g/mol. The van der Waals surface area contributed by atoms with Crippen molar-refractivity contribution in [2.45, 2.75) is 16.2 Å². The van der Waals surface area contributed by atoms with Gasteiger partial charge in [0.05, 0.1) is 6.04 Å². The summed E-state index contributed by atoms with van der Waals surface area (Å²) in [6.07, 6.45) is 1.70. The van der Waals surface area contributed by atoms with Crippen LogP contribution in [-0.4, -0.2) is 49.6 Å². The van der Waals surface area contributed by atoms with E-state index in [1.165, 1.54) is 11.8 Å². The zero-order valence-corrected chi connectivity index (χ0v) is 14.2. The monoisotopic (exact) mass is 389 g/mol. The van der Waals surface area contributed by atoms with E-state index >= 15 is 0 Å². The zero-order chi connectivity index (χ0) is 18.2. The highest BCUT2D eigenvalue weighted by molar-refractivity contribution is 8.03. The summed E-state index contributed by atoms with van der Waals surface area (Å²) in [5, 5.41) is 3.84. The molecule has 2 atom stereocenters. The van der Waals surface area contributed by atoms with Crippen LogP contribution in [0.4, 0.5) is 13.6 Å². The molecule has 1 aromatic carbocycles. The number of benzene rings is 1. The van der Waals surface area contributed by atoms with E-state index in [0.29, 0.717) is 0 Å². The molecule has 2 aliphatic rings. The van der Waals surface area contributed by atoms with Gasteiger partial charge in [-0.3, -0.25) is 9.69 Å². The number of nitrogens with one attached hydrogen (secondary N) is 2. The van der Waals surface area contributed by atoms with Crippen molar-refractivity contribution >= 4 is 33.7 Å². The van der Waals surface area contributed by atoms with Gasteiger partial charge >= 0.3 is 6.03 Å². The standard InChI is InChI=1S/C14H13F2N3O4S2/c15-8-2-1-3-9(16)12(8)25(22,23)17-5-6-19-13(20)11-10(4-7-24-11)18-14(19)21/h1-4,7,10-11,17H,5-6H2,(H,18,21). The Balaban J connectivity index is 1.66. The van der Waals surface area contributed by atoms with Crippen molar-refractivity contribution in [3.63, 3.8) is 0 Å². The summed E-state index contributed by atoms with van der Waals surface area (Å²) in [5.74, 6) is -2.90. The highest BCUT2D eigenvalue weighted by Gasteiger charge is 2.41. The Morgan fingerprint density at radius 2 is 1.92 bits per heavy atom. The number of rotatable bonds is 5. The number of carbonyl (C=O) groups excluding carboxylic acids is 2. The van der Waals surface area contributed by atoms with Gasteiger partial charge in [-0.1, -0.05) is 12.1 Å². The zero-order valence-electron chi connectivity index (χ0n) is 12.6. The van der Waals surface area contributed by atoms with Crippen molar-refractivity contribution < 1.29 is 26.8 Å². The second kappa shape index (κ2) is 6.73. The molecule has 3 amide bonds. The van der Waals surface area contributed by atoms with Crippen LogP contribution in [0.15, 0.2) is 34.6 Å². The van der Waals surface area contributed by atoms with Crippen LogP contribution in [0.1, 0.15) is 0 Å². The number of carbonyl (C=O) groups is 2. The summed E-state index contributed by atoms with van der Waals surface area (Å²) < 4.78 is 53.3. The van der Waals surface area contributed by atoms with Crippen molar-refractivity contribution in [3.05, 3.63) is 41.3 Å². The lowest BCUT2D eigenvalue weighted by Crippen LogP contribution is -2.61. The normalized spacial score (nSPS) is 22.9. The molecule has 11 heteroatoms. The van der Waals surface area contributed by atoms with E-state index < -0.39 is 43.7 Å². The van der Waals surface area contributed by atoms with Gasteiger partial charge in [0.15, 0.2) is 4.90 Å². The van der Waals surface area contributed by atoms with Gasteiger partial charge in [0.1, 0.15) is 16.9 Å². The first-order valence-corrected chi connectivity index (χ1v) is 9.61. The maximum Gasteiger partial charge on any atom is 0.324 e. The molecule has 0 aromatic heterocycles. The Morgan fingerprint density at radius 3 is 2.60 bits per heavy atom. The molecule has 0 radical (unpaired) electrons. The average molecular weight is 389 g/mol. The number of nitrogens with zero attached hydrogens (tertiary/aromatic N) is 1. The fourth-order valence-electron chi connectivity index (χ4n) is 2.52. The van der Waals surface area contributed by atoms with Gasteiger partial charge in [-0.25, -0.2) is 26.7 Å². The molecule has 7 nitrogen and oxygen atoms in total. The summed E-state index contributed by atoms with van der Waals surface area (Å²) >= 11 is 1.26. The number of sulfonamides is 1. The van der Waals surface area contributed by atoms with Crippen LogP contribution >= 0.6 is 11.8 Å². The van der Waals surface area contributed by atoms with Gasteiger partial charge < -0.3 is 5.32 Å². The Bertz CT molecular complexity index is 839. The third-order valence-corrected chi connectivity index (χ3v) is 6.31. The molecule has 2 heterocycles. The number of fused-ring (bicyclic) bond motifs is 1. The Hall–Kier alpha value is -1.98. The highest BCUT2D eigenvalue weighted by atomic mass is 32.2. The number of urea groups is 1. The lowest BCUT2D eigenvalue weighted by molar-refractivity contribution is -0.129. The maximum absolute atomic E-state index is 13.6. The number of halogens is 2. The van der Waals surface area contributed by atoms with Crippen LogP contribution in [0.25, 0.3) is 0 Å². The molecule has 2 N–H and O–H groups in total. The van der Waals surface area contributed by atoms with E-state index in [2.05, 4.69) is 5.32 Å². The van der Waals surface area contributed by atoms with Gasteiger partial charge in [-0.05, 0) is 17.5 Å². The molecule has 0 bridgehead atoms. The van der Waals surface area contributed by atoms with Gasteiger partial charge in [-0.15, -0.1) is 11.8 Å². The average Bonchev–Trinajstić information content (AvgIpc) is 2.98. The van der Waals surface area contributed by atoms with E-state index in [1.54, 1.807) is 11.5 Å². The summed E-state index contributed by atoms with van der Waals surface area (Å²) in [4.78, 5) is 24.0. The smallest absolute Gasteiger partial charge is 0.324 e. The predicted molar refractivity (Wildman–Crippen MR) is 86.1 cm³/mol. The fraction of sp³-hybridized carbons (Fsp3) is 0.286. The number of imide groups is 1. The van der Waals surface area contributed by atoms with Crippen molar-refractivity contribution in [1.82, 2.24) is 14.9 Å². The number of thioether (sulfide) groups is 1. The number of hydrogen-bond donors (Lipinski definition) is 2. The molecule has 134 valence electrons. The third-order valence-electron chi connectivity index (χ3n) is 3.70. The largest absolute Gasteiger partial charge is 0.330 e. The summed E-state index contributed by atoms with van der Waals surface area (Å²) in [6, 6.07) is 1.66. The maximum atomic E-state index is 13.6. The summed E-state index contributed by atoms with van der Waals surface area (Å²) in [6.45, 7) is -0.630. The summed E-state index contributed by atoms with van der Waals surface area (Å²) in [7, 11) is -4.46. The van der Waals surface area contributed by atoms with Gasteiger partial charge in [0.25, 0.3) is 0 Å². The molecule has 1 saturated heterocycles. The van der Waals surface area contributed by atoms with Crippen molar-refractivity contribution in [2.75, 3.05) is 13.1 Å². The van der Waals surface area contributed by atoms with Crippen molar-refractivity contribution in [1.29, 1.82) is 0 Å². The van der Waals surface area contributed by atoms with E-state index in [0.717, 1.165) is 23.1 Å². The molecule has 0 aliphatic carbocycles. The van der Waals surface area contributed by atoms with Crippen LogP contribution in [0, 0.1) is 11.6 Å². The molecule has 3 rings (SSSR count). The molecule has 2 aliphatic heterocycles. The first-order valence-electron chi connectivity index (χ1n) is 7.19. The second-order valence-corrected chi connectivity index (χ2v) is 8.05. The van der Waals surface area contributed by atoms with E-state index in [4.69, 9.17) is 0 Å². The minimum absolute atomic E-state index is 0.260. The van der Waals surface area contributed by atoms with Gasteiger partial charge in [-0.2, -0.15) is 0 Å².